The Labute approximate surface area is 146 Å². The molecule has 1 aliphatic rings. The average molecular weight is 339 g/mol. The summed E-state index contributed by atoms with van der Waals surface area (Å²) in [5, 5.41) is 9.56. The molecule has 0 radical (unpaired) electrons. The van der Waals surface area contributed by atoms with Gasteiger partial charge in [0.1, 0.15) is 6.61 Å². The minimum Gasteiger partial charge on any atom is -0.481 e. The number of ether oxygens (including phenoxy) is 1. The number of amides is 1. The minimum absolute atomic E-state index is 0.169. The number of carbonyl (C=O) groups excluding carboxylic acids is 1. The highest BCUT2D eigenvalue weighted by Crippen LogP contribution is 2.34. The van der Waals surface area contributed by atoms with Gasteiger partial charge in [0.15, 0.2) is 0 Å². The van der Waals surface area contributed by atoms with Gasteiger partial charge in [0.2, 0.25) is 0 Å². The van der Waals surface area contributed by atoms with Gasteiger partial charge in [-0.3, -0.25) is 4.79 Å². The summed E-state index contributed by atoms with van der Waals surface area (Å²) in [5.74, 6) is -1.72. The molecule has 0 saturated carbocycles. The molecule has 0 aliphatic carbocycles. The first-order valence-corrected chi connectivity index (χ1v) is 8.30. The molecule has 1 amide bonds. The summed E-state index contributed by atoms with van der Waals surface area (Å²) in [6.07, 6.45) is -0.466. The van der Waals surface area contributed by atoms with Crippen LogP contribution in [0, 0.1) is 12.8 Å². The van der Waals surface area contributed by atoms with Gasteiger partial charge in [-0.1, -0.05) is 54.6 Å². The molecule has 2 aromatic rings. The second-order valence-corrected chi connectivity index (χ2v) is 6.35. The highest BCUT2D eigenvalue weighted by atomic mass is 16.6. The van der Waals surface area contributed by atoms with Crippen LogP contribution in [0.2, 0.25) is 0 Å². The van der Waals surface area contributed by atoms with E-state index in [0.29, 0.717) is 6.54 Å². The van der Waals surface area contributed by atoms with Gasteiger partial charge in [0.25, 0.3) is 0 Å². The summed E-state index contributed by atoms with van der Waals surface area (Å²) >= 11 is 0. The van der Waals surface area contributed by atoms with Gasteiger partial charge in [-0.2, -0.15) is 0 Å². The maximum atomic E-state index is 12.4. The van der Waals surface area contributed by atoms with Gasteiger partial charge in [-0.25, -0.2) is 4.79 Å². The van der Waals surface area contributed by atoms with Crippen molar-refractivity contribution in [2.45, 2.75) is 19.4 Å². The lowest BCUT2D eigenvalue weighted by atomic mass is 9.86. The van der Waals surface area contributed by atoms with Crippen molar-refractivity contribution in [1.29, 1.82) is 0 Å². The molecule has 130 valence electrons. The third kappa shape index (κ3) is 3.82. The van der Waals surface area contributed by atoms with Crippen molar-refractivity contribution < 1.29 is 19.4 Å². The quantitative estimate of drug-likeness (QED) is 0.927. The first-order chi connectivity index (χ1) is 12.1. The van der Waals surface area contributed by atoms with Crippen molar-refractivity contribution in [3.05, 3.63) is 71.3 Å². The Morgan fingerprint density at radius 3 is 2.44 bits per heavy atom. The van der Waals surface area contributed by atoms with Gasteiger partial charge in [0.05, 0.1) is 5.92 Å². The zero-order valence-electron chi connectivity index (χ0n) is 14.1. The van der Waals surface area contributed by atoms with E-state index in [-0.39, 0.29) is 19.1 Å². The van der Waals surface area contributed by atoms with Crippen LogP contribution in [0.3, 0.4) is 0 Å². The predicted octanol–water partition coefficient (Wildman–Crippen LogP) is 3.43. The predicted molar refractivity (Wildman–Crippen MR) is 93.2 cm³/mol. The molecule has 0 aromatic heterocycles. The molecule has 5 heteroatoms. The van der Waals surface area contributed by atoms with Crippen molar-refractivity contribution in [3.8, 4) is 0 Å². The lowest BCUT2D eigenvalue weighted by molar-refractivity contribution is -0.141. The molecule has 2 unspecified atom stereocenters. The highest BCUT2D eigenvalue weighted by Gasteiger charge is 2.41. The molecule has 5 nitrogen and oxygen atoms in total. The fraction of sp³-hybridized carbons (Fsp3) is 0.300. The number of carboxylic acid groups (broad SMARTS) is 1. The van der Waals surface area contributed by atoms with E-state index in [0.717, 1.165) is 16.7 Å². The number of carboxylic acids is 1. The Morgan fingerprint density at radius 1 is 1.08 bits per heavy atom. The maximum absolute atomic E-state index is 12.4. The molecule has 25 heavy (non-hydrogen) atoms. The van der Waals surface area contributed by atoms with Crippen molar-refractivity contribution in [1.82, 2.24) is 4.90 Å². The Kier molecular flexibility index (Phi) is 5.03. The SMILES string of the molecule is Cc1ccccc1C1CN(C(=O)OCc2ccccc2)CC1C(=O)O. The van der Waals surface area contributed by atoms with Crippen LogP contribution in [0.5, 0.6) is 0 Å². The fourth-order valence-corrected chi connectivity index (χ4v) is 3.33. The van der Waals surface area contributed by atoms with Crippen LogP contribution in [-0.2, 0) is 16.1 Å². The van der Waals surface area contributed by atoms with Crippen molar-refractivity contribution in [3.63, 3.8) is 0 Å². The smallest absolute Gasteiger partial charge is 0.410 e. The summed E-state index contributed by atoms with van der Waals surface area (Å²) in [7, 11) is 0. The largest absolute Gasteiger partial charge is 0.481 e. The van der Waals surface area contributed by atoms with Crippen LogP contribution in [0.15, 0.2) is 54.6 Å². The van der Waals surface area contributed by atoms with Gasteiger partial charge in [-0.15, -0.1) is 0 Å². The first-order valence-electron chi connectivity index (χ1n) is 8.30. The van der Waals surface area contributed by atoms with Gasteiger partial charge in [-0.05, 0) is 23.6 Å². The van der Waals surface area contributed by atoms with E-state index < -0.39 is 18.0 Å². The maximum Gasteiger partial charge on any atom is 0.410 e. The highest BCUT2D eigenvalue weighted by molar-refractivity contribution is 5.76. The van der Waals surface area contributed by atoms with E-state index in [4.69, 9.17) is 4.74 Å². The van der Waals surface area contributed by atoms with Crippen molar-refractivity contribution in [2.24, 2.45) is 5.92 Å². The van der Waals surface area contributed by atoms with Gasteiger partial charge >= 0.3 is 12.1 Å². The molecule has 1 N–H and O–H groups in total. The third-order valence-electron chi connectivity index (χ3n) is 4.69. The second-order valence-electron chi connectivity index (χ2n) is 6.35. The number of benzene rings is 2. The van der Waals surface area contributed by atoms with Gasteiger partial charge in [0, 0.05) is 19.0 Å². The lowest BCUT2D eigenvalue weighted by Crippen LogP contribution is -2.30. The molecular weight excluding hydrogens is 318 g/mol. The third-order valence-corrected chi connectivity index (χ3v) is 4.69. The molecule has 1 aliphatic heterocycles. The monoisotopic (exact) mass is 339 g/mol. The standard InChI is InChI=1S/C20H21NO4/c1-14-7-5-6-10-16(14)17-11-21(12-18(17)19(22)23)20(24)25-13-15-8-3-2-4-9-15/h2-10,17-18H,11-13H2,1H3,(H,22,23). The van der Waals surface area contributed by atoms with E-state index in [1.165, 1.54) is 4.90 Å². The number of nitrogens with zero attached hydrogens (tertiary/aromatic N) is 1. The van der Waals surface area contributed by atoms with E-state index in [2.05, 4.69) is 0 Å². The number of aryl methyl sites for hydroxylation is 1. The Bertz CT molecular complexity index is 759. The Hall–Kier alpha value is -2.82. The normalized spacial score (nSPS) is 19.6. The number of hydrogen-bond donors (Lipinski definition) is 1. The van der Waals surface area contributed by atoms with Crippen LogP contribution >= 0.6 is 0 Å². The van der Waals surface area contributed by atoms with Crippen LogP contribution in [-0.4, -0.2) is 35.2 Å². The molecule has 2 atom stereocenters. The first kappa shape index (κ1) is 17.0. The van der Waals surface area contributed by atoms with Crippen LogP contribution in [0.4, 0.5) is 4.79 Å². The zero-order chi connectivity index (χ0) is 17.8. The van der Waals surface area contributed by atoms with Gasteiger partial charge < -0.3 is 14.7 Å². The summed E-state index contributed by atoms with van der Waals surface area (Å²) < 4.78 is 5.35. The van der Waals surface area contributed by atoms with Crippen LogP contribution in [0.25, 0.3) is 0 Å². The Balaban J connectivity index is 1.70. The topological polar surface area (TPSA) is 66.8 Å². The molecule has 1 saturated heterocycles. The Morgan fingerprint density at radius 2 is 1.76 bits per heavy atom. The van der Waals surface area contributed by atoms with E-state index in [1.54, 1.807) is 0 Å². The fourth-order valence-electron chi connectivity index (χ4n) is 3.33. The number of rotatable bonds is 4. The molecular formula is C20H21NO4. The zero-order valence-corrected chi connectivity index (χ0v) is 14.1. The number of carbonyl (C=O) groups is 2. The molecule has 2 aromatic carbocycles. The molecule has 0 bridgehead atoms. The van der Waals surface area contributed by atoms with E-state index >= 15 is 0 Å². The average Bonchev–Trinajstić information content (AvgIpc) is 3.06. The van der Waals surface area contributed by atoms with E-state index in [1.807, 2.05) is 61.5 Å². The number of likely N-dealkylation sites (tertiary alicyclic amines) is 1. The number of hydrogen-bond acceptors (Lipinski definition) is 3. The molecule has 1 fully saturated rings. The van der Waals surface area contributed by atoms with Crippen molar-refractivity contribution >= 4 is 12.1 Å². The summed E-state index contributed by atoms with van der Waals surface area (Å²) in [6.45, 7) is 2.67. The second kappa shape index (κ2) is 7.38. The van der Waals surface area contributed by atoms with Crippen LogP contribution < -0.4 is 0 Å². The van der Waals surface area contributed by atoms with Crippen LogP contribution in [0.1, 0.15) is 22.6 Å². The summed E-state index contributed by atoms with van der Waals surface area (Å²) in [5.41, 5.74) is 2.92. The summed E-state index contributed by atoms with van der Waals surface area (Å²) in [4.78, 5) is 25.5. The van der Waals surface area contributed by atoms with E-state index in [9.17, 15) is 14.7 Å². The summed E-state index contributed by atoms with van der Waals surface area (Å²) in [6, 6.07) is 17.2. The number of aliphatic carboxylic acids is 1. The molecule has 1 heterocycles. The van der Waals surface area contributed by atoms with Crippen molar-refractivity contribution in [2.75, 3.05) is 13.1 Å². The molecule has 0 spiro atoms. The lowest BCUT2D eigenvalue weighted by Gasteiger charge is -2.18. The minimum atomic E-state index is -0.883. The molecule has 3 rings (SSSR count).